The third-order valence-electron chi connectivity index (χ3n) is 3.15. The predicted molar refractivity (Wildman–Crippen MR) is 56.8 cm³/mol. The maximum absolute atomic E-state index is 5.53. The summed E-state index contributed by atoms with van der Waals surface area (Å²) in [5.41, 5.74) is 1.93. The molecule has 1 fully saturated rings. The number of allylic oxidation sites excluding steroid dienone is 2. The van der Waals surface area contributed by atoms with Crippen LogP contribution in [0.5, 0.6) is 0 Å². The van der Waals surface area contributed by atoms with Crippen LogP contribution >= 0.6 is 0 Å². The van der Waals surface area contributed by atoms with Crippen molar-refractivity contribution in [3.05, 3.63) is 11.6 Å². The Morgan fingerprint density at radius 2 is 2.08 bits per heavy atom. The highest BCUT2D eigenvalue weighted by Gasteiger charge is 2.47. The third kappa shape index (κ3) is 2.57. The van der Waals surface area contributed by atoms with Crippen LogP contribution in [-0.4, -0.2) is 13.2 Å². The van der Waals surface area contributed by atoms with Crippen LogP contribution in [0, 0.1) is 5.41 Å². The standard InChI is InChI=1S/C12H22O/c1-5-11(13-4)12(8-9-12)7-6-10(2)3/h6,11H,5,7-9H2,1-4H3. The molecule has 76 valence electrons. The molecule has 1 saturated carbocycles. The molecule has 0 radical (unpaired) electrons. The maximum Gasteiger partial charge on any atom is 0.0627 e. The second kappa shape index (κ2) is 4.28. The first-order chi connectivity index (χ1) is 6.14. The largest absolute Gasteiger partial charge is 0.381 e. The van der Waals surface area contributed by atoms with E-state index in [4.69, 9.17) is 4.74 Å². The average Bonchev–Trinajstić information content (AvgIpc) is 2.85. The Kier molecular flexibility index (Phi) is 3.55. The molecular weight excluding hydrogens is 160 g/mol. The lowest BCUT2D eigenvalue weighted by Gasteiger charge is -2.23. The van der Waals surface area contributed by atoms with Crippen molar-refractivity contribution < 1.29 is 4.74 Å². The molecule has 0 aromatic heterocycles. The molecule has 0 saturated heterocycles. The topological polar surface area (TPSA) is 9.23 Å². The highest BCUT2D eigenvalue weighted by molar-refractivity contribution is 5.06. The van der Waals surface area contributed by atoms with Gasteiger partial charge < -0.3 is 4.74 Å². The van der Waals surface area contributed by atoms with Crippen LogP contribution in [0.4, 0.5) is 0 Å². The molecule has 0 aromatic carbocycles. The number of hydrogen-bond acceptors (Lipinski definition) is 1. The summed E-state index contributed by atoms with van der Waals surface area (Å²) in [5.74, 6) is 0. The Hall–Kier alpha value is -0.300. The lowest BCUT2D eigenvalue weighted by Crippen LogP contribution is -2.23. The Labute approximate surface area is 82.2 Å². The van der Waals surface area contributed by atoms with E-state index in [1.54, 1.807) is 0 Å². The van der Waals surface area contributed by atoms with E-state index in [9.17, 15) is 0 Å². The van der Waals surface area contributed by atoms with E-state index in [2.05, 4.69) is 26.8 Å². The molecule has 1 aliphatic carbocycles. The fourth-order valence-electron chi connectivity index (χ4n) is 2.08. The van der Waals surface area contributed by atoms with Gasteiger partial charge in [-0.1, -0.05) is 18.6 Å². The van der Waals surface area contributed by atoms with Crippen LogP contribution in [0.25, 0.3) is 0 Å². The normalized spacial score (nSPS) is 20.9. The van der Waals surface area contributed by atoms with Gasteiger partial charge in [0, 0.05) is 12.5 Å². The van der Waals surface area contributed by atoms with Gasteiger partial charge in [0.1, 0.15) is 0 Å². The minimum Gasteiger partial charge on any atom is -0.381 e. The molecule has 0 bridgehead atoms. The van der Waals surface area contributed by atoms with Gasteiger partial charge in [-0.3, -0.25) is 0 Å². The van der Waals surface area contributed by atoms with Gasteiger partial charge in [0.15, 0.2) is 0 Å². The minimum atomic E-state index is 0.475. The van der Waals surface area contributed by atoms with Crippen LogP contribution in [0.3, 0.4) is 0 Å². The fraction of sp³-hybridized carbons (Fsp3) is 0.833. The molecule has 0 amide bonds. The quantitative estimate of drug-likeness (QED) is 0.591. The van der Waals surface area contributed by atoms with Gasteiger partial charge in [0.05, 0.1) is 6.10 Å². The summed E-state index contributed by atoms with van der Waals surface area (Å²) in [6.07, 6.45) is 7.89. The molecule has 1 rings (SSSR count). The molecule has 0 aromatic rings. The number of methoxy groups -OCH3 is 1. The van der Waals surface area contributed by atoms with E-state index < -0.39 is 0 Å². The van der Waals surface area contributed by atoms with E-state index >= 15 is 0 Å². The molecule has 0 heterocycles. The van der Waals surface area contributed by atoms with Crippen molar-refractivity contribution in [2.45, 2.75) is 52.6 Å². The SMILES string of the molecule is CCC(OC)C1(CC=C(C)C)CC1. The average molecular weight is 182 g/mol. The van der Waals surface area contributed by atoms with E-state index in [1.165, 1.54) is 24.8 Å². The van der Waals surface area contributed by atoms with Gasteiger partial charge >= 0.3 is 0 Å². The second-order valence-corrected chi connectivity index (χ2v) is 4.48. The van der Waals surface area contributed by atoms with E-state index in [0.29, 0.717) is 11.5 Å². The van der Waals surface area contributed by atoms with Crippen molar-refractivity contribution in [3.63, 3.8) is 0 Å². The number of rotatable bonds is 5. The smallest absolute Gasteiger partial charge is 0.0627 e. The van der Waals surface area contributed by atoms with Crippen molar-refractivity contribution in [2.24, 2.45) is 5.41 Å². The Bertz CT molecular complexity index is 181. The zero-order valence-corrected chi connectivity index (χ0v) is 9.39. The first-order valence-corrected chi connectivity index (χ1v) is 5.31. The summed E-state index contributed by atoms with van der Waals surface area (Å²) in [4.78, 5) is 0. The molecule has 1 aliphatic rings. The van der Waals surface area contributed by atoms with Gasteiger partial charge in [0.2, 0.25) is 0 Å². The van der Waals surface area contributed by atoms with Crippen molar-refractivity contribution in [2.75, 3.05) is 7.11 Å². The molecule has 1 nitrogen and oxygen atoms in total. The van der Waals surface area contributed by atoms with Crippen molar-refractivity contribution in [1.29, 1.82) is 0 Å². The third-order valence-corrected chi connectivity index (χ3v) is 3.15. The molecule has 13 heavy (non-hydrogen) atoms. The molecule has 0 N–H and O–H groups in total. The monoisotopic (exact) mass is 182 g/mol. The first kappa shape index (κ1) is 10.8. The summed E-state index contributed by atoms with van der Waals surface area (Å²) in [6.45, 7) is 6.56. The van der Waals surface area contributed by atoms with Crippen LogP contribution < -0.4 is 0 Å². The lowest BCUT2D eigenvalue weighted by molar-refractivity contribution is 0.0380. The van der Waals surface area contributed by atoms with Gasteiger partial charge in [-0.2, -0.15) is 0 Å². The van der Waals surface area contributed by atoms with Crippen molar-refractivity contribution >= 4 is 0 Å². The highest BCUT2D eigenvalue weighted by Crippen LogP contribution is 2.54. The molecule has 1 unspecified atom stereocenters. The summed E-state index contributed by atoms with van der Waals surface area (Å²) in [6, 6.07) is 0. The van der Waals surface area contributed by atoms with Crippen LogP contribution in [0.15, 0.2) is 11.6 Å². The summed E-state index contributed by atoms with van der Waals surface area (Å²) >= 11 is 0. The predicted octanol–water partition coefficient (Wildman–Crippen LogP) is 3.55. The number of hydrogen-bond donors (Lipinski definition) is 0. The molecule has 0 aliphatic heterocycles. The molecule has 0 spiro atoms. The van der Waals surface area contributed by atoms with Crippen molar-refractivity contribution in [1.82, 2.24) is 0 Å². The Balaban J connectivity index is 2.50. The maximum atomic E-state index is 5.53. The van der Waals surface area contributed by atoms with Gasteiger partial charge in [0.25, 0.3) is 0 Å². The summed E-state index contributed by atoms with van der Waals surface area (Å²) in [5, 5.41) is 0. The van der Waals surface area contributed by atoms with Crippen LogP contribution in [0.2, 0.25) is 0 Å². The molecule has 1 heteroatoms. The first-order valence-electron chi connectivity index (χ1n) is 5.31. The van der Waals surface area contributed by atoms with E-state index in [1.807, 2.05) is 7.11 Å². The second-order valence-electron chi connectivity index (χ2n) is 4.48. The van der Waals surface area contributed by atoms with Gasteiger partial charge in [-0.15, -0.1) is 0 Å². The Morgan fingerprint density at radius 1 is 1.46 bits per heavy atom. The molecular formula is C12H22O. The highest BCUT2D eigenvalue weighted by atomic mass is 16.5. The summed E-state index contributed by atoms with van der Waals surface area (Å²) in [7, 11) is 1.84. The minimum absolute atomic E-state index is 0.475. The van der Waals surface area contributed by atoms with Crippen molar-refractivity contribution in [3.8, 4) is 0 Å². The lowest BCUT2D eigenvalue weighted by atomic mass is 9.92. The zero-order valence-electron chi connectivity index (χ0n) is 9.39. The number of ether oxygens (including phenoxy) is 1. The van der Waals surface area contributed by atoms with E-state index in [-0.39, 0.29) is 0 Å². The van der Waals surface area contributed by atoms with Gasteiger partial charge in [-0.05, 0) is 39.5 Å². The zero-order chi connectivity index (χ0) is 9.90. The van der Waals surface area contributed by atoms with Crippen LogP contribution in [0.1, 0.15) is 46.5 Å². The fourth-order valence-corrected chi connectivity index (χ4v) is 2.08. The van der Waals surface area contributed by atoms with Crippen LogP contribution in [-0.2, 0) is 4.74 Å². The van der Waals surface area contributed by atoms with Gasteiger partial charge in [-0.25, -0.2) is 0 Å². The Morgan fingerprint density at radius 3 is 2.38 bits per heavy atom. The van der Waals surface area contributed by atoms with E-state index in [0.717, 1.165) is 6.42 Å². The summed E-state index contributed by atoms with van der Waals surface area (Å²) < 4.78 is 5.53. The molecule has 1 atom stereocenters.